The summed E-state index contributed by atoms with van der Waals surface area (Å²) in [6, 6.07) is 7.75. The van der Waals surface area contributed by atoms with Crippen LogP contribution in [0.5, 0.6) is 0 Å². The van der Waals surface area contributed by atoms with E-state index in [4.69, 9.17) is 11.6 Å². The zero-order valence-electron chi connectivity index (χ0n) is 11.9. The molecule has 1 aromatic rings. The van der Waals surface area contributed by atoms with Crippen LogP contribution in [0.25, 0.3) is 0 Å². The smallest absolute Gasteiger partial charge is 0.212 e. The Balaban J connectivity index is 2.87. The van der Waals surface area contributed by atoms with Gasteiger partial charge in [0.2, 0.25) is 10.0 Å². The third kappa shape index (κ3) is 4.48. The van der Waals surface area contributed by atoms with Crippen molar-refractivity contribution in [2.24, 2.45) is 5.92 Å². The van der Waals surface area contributed by atoms with E-state index >= 15 is 0 Å². The van der Waals surface area contributed by atoms with Gasteiger partial charge in [-0.25, -0.2) is 8.42 Å². The van der Waals surface area contributed by atoms with Gasteiger partial charge in [-0.1, -0.05) is 36.8 Å². The third-order valence-corrected chi connectivity index (χ3v) is 6.01. The van der Waals surface area contributed by atoms with Gasteiger partial charge in [0.05, 0.1) is 5.75 Å². The number of alkyl halides is 1. The first kappa shape index (κ1) is 16.5. The Labute approximate surface area is 121 Å². The van der Waals surface area contributed by atoms with E-state index in [1.165, 1.54) is 4.31 Å². The largest absolute Gasteiger partial charge is 0.214 e. The van der Waals surface area contributed by atoms with Crippen LogP contribution in [0.15, 0.2) is 24.3 Å². The van der Waals surface area contributed by atoms with Crippen molar-refractivity contribution in [3.8, 4) is 0 Å². The molecule has 3 nitrogen and oxygen atoms in total. The minimum Gasteiger partial charge on any atom is -0.212 e. The number of halogens is 1. The van der Waals surface area contributed by atoms with E-state index in [0.717, 1.165) is 11.1 Å². The molecular formula is C14H22ClNO2S. The summed E-state index contributed by atoms with van der Waals surface area (Å²) in [6.45, 7) is 5.75. The van der Waals surface area contributed by atoms with Crippen molar-refractivity contribution in [3.05, 3.63) is 35.4 Å². The first-order valence-electron chi connectivity index (χ1n) is 6.36. The molecule has 0 aromatic heterocycles. The topological polar surface area (TPSA) is 37.4 Å². The standard InChI is InChI=1S/C14H22ClNO2S/c1-11-5-7-14(8-6-11)13(3)16(4)19(17,18)10-12(2)9-15/h5-8,12-13H,9-10H2,1-4H3. The molecule has 0 spiro atoms. The summed E-state index contributed by atoms with van der Waals surface area (Å²) in [7, 11) is -1.65. The van der Waals surface area contributed by atoms with Crippen LogP contribution in [-0.2, 0) is 10.0 Å². The van der Waals surface area contributed by atoms with Crippen molar-refractivity contribution in [3.63, 3.8) is 0 Å². The molecule has 0 aliphatic carbocycles. The van der Waals surface area contributed by atoms with Gasteiger partial charge in [-0.05, 0) is 25.3 Å². The SMILES string of the molecule is Cc1ccc(C(C)N(C)S(=O)(=O)CC(C)CCl)cc1. The zero-order valence-corrected chi connectivity index (χ0v) is 13.5. The number of hydrogen-bond donors (Lipinski definition) is 0. The number of hydrogen-bond acceptors (Lipinski definition) is 2. The second-order valence-electron chi connectivity index (χ2n) is 5.14. The highest BCUT2D eigenvalue weighted by atomic mass is 35.5. The van der Waals surface area contributed by atoms with Gasteiger partial charge in [-0.3, -0.25) is 0 Å². The van der Waals surface area contributed by atoms with Gasteiger partial charge in [0.25, 0.3) is 0 Å². The average Bonchev–Trinajstić information content (AvgIpc) is 2.37. The van der Waals surface area contributed by atoms with Gasteiger partial charge in [-0.2, -0.15) is 4.31 Å². The van der Waals surface area contributed by atoms with E-state index in [1.807, 2.05) is 45.0 Å². The molecule has 0 amide bonds. The predicted octanol–water partition coefficient (Wildman–Crippen LogP) is 3.19. The molecule has 1 aromatic carbocycles. The minimum absolute atomic E-state index is 0.0423. The van der Waals surface area contributed by atoms with Crippen molar-refractivity contribution < 1.29 is 8.42 Å². The fourth-order valence-electron chi connectivity index (χ4n) is 1.82. The van der Waals surface area contributed by atoms with Gasteiger partial charge >= 0.3 is 0 Å². The van der Waals surface area contributed by atoms with E-state index in [-0.39, 0.29) is 17.7 Å². The molecule has 0 bridgehead atoms. The number of aryl methyl sites for hydroxylation is 1. The lowest BCUT2D eigenvalue weighted by molar-refractivity contribution is 0.395. The van der Waals surface area contributed by atoms with Crippen LogP contribution in [0.2, 0.25) is 0 Å². The van der Waals surface area contributed by atoms with Crippen molar-refractivity contribution in [1.82, 2.24) is 4.31 Å². The maximum absolute atomic E-state index is 12.2. The average molecular weight is 304 g/mol. The summed E-state index contributed by atoms with van der Waals surface area (Å²) >= 11 is 5.69. The van der Waals surface area contributed by atoms with Gasteiger partial charge < -0.3 is 0 Å². The highest BCUT2D eigenvalue weighted by Crippen LogP contribution is 2.23. The molecular weight excluding hydrogens is 282 g/mol. The van der Waals surface area contributed by atoms with E-state index in [0.29, 0.717) is 5.88 Å². The quantitative estimate of drug-likeness (QED) is 0.757. The first-order valence-corrected chi connectivity index (χ1v) is 8.50. The summed E-state index contributed by atoms with van der Waals surface area (Å²) < 4.78 is 25.9. The van der Waals surface area contributed by atoms with Crippen molar-refractivity contribution in [2.75, 3.05) is 18.7 Å². The Bertz CT molecular complexity index is 499. The molecule has 0 fully saturated rings. The number of benzene rings is 1. The van der Waals surface area contributed by atoms with E-state index in [9.17, 15) is 8.42 Å². The lowest BCUT2D eigenvalue weighted by atomic mass is 10.1. The normalized spacial score (nSPS) is 15.5. The Morgan fingerprint density at radius 1 is 1.21 bits per heavy atom. The van der Waals surface area contributed by atoms with Gasteiger partial charge in [0.1, 0.15) is 0 Å². The highest BCUT2D eigenvalue weighted by molar-refractivity contribution is 7.89. The zero-order chi connectivity index (χ0) is 14.6. The maximum atomic E-state index is 12.2. The number of nitrogens with zero attached hydrogens (tertiary/aromatic N) is 1. The van der Waals surface area contributed by atoms with Crippen LogP contribution in [0.3, 0.4) is 0 Å². The minimum atomic E-state index is -3.28. The molecule has 108 valence electrons. The monoisotopic (exact) mass is 303 g/mol. The lowest BCUT2D eigenvalue weighted by Gasteiger charge is -2.25. The Morgan fingerprint density at radius 3 is 2.21 bits per heavy atom. The van der Waals surface area contributed by atoms with Crippen LogP contribution in [0, 0.1) is 12.8 Å². The van der Waals surface area contributed by atoms with Gasteiger partial charge in [0, 0.05) is 19.0 Å². The molecule has 0 radical (unpaired) electrons. The molecule has 0 saturated heterocycles. The van der Waals surface area contributed by atoms with E-state index in [2.05, 4.69) is 0 Å². The molecule has 0 saturated carbocycles. The molecule has 2 atom stereocenters. The van der Waals surface area contributed by atoms with Crippen molar-refractivity contribution in [1.29, 1.82) is 0 Å². The molecule has 1 rings (SSSR count). The van der Waals surface area contributed by atoms with Crippen LogP contribution in [-0.4, -0.2) is 31.4 Å². The van der Waals surface area contributed by atoms with Gasteiger partial charge in [0.15, 0.2) is 0 Å². The summed E-state index contributed by atoms with van der Waals surface area (Å²) in [6.07, 6.45) is 0. The molecule has 0 aliphatic rings. The van der Waals surface area contributed by atoms with Crippen molar-refractivity contribution >= 4 is 21.6 Å². The summed E-state index contributed by atoms with van der Waals surface area (Å²) in [5, 5.41) is 0. The highest BCUT2D eigenvalue weighted by Gasteiger charge is 2.25. The molecule has 19 heavy (non-hydrogen) atoms. The summed E-state index contributed by atoms with van der Waals surface area (Å²) in [5.74, 6) is 0.397. The van der Waals surface area contributed by atoms with Crippen molar-refractivity contribution in [2.45, 2.75) is 26.8 Å². The molecule has 0 aliphatic heterocycles. The fourth-order valence-corrected chi connectivity index (χ4v) is 3.73. The molecule has 0 heterocycles. The maximum Gasteiger partial charge on any atom is 0.214 e. The molecule has 5 heteroatoms. The molecule has 0 N–H and O–H groups in total. The van der Waals surface area contributed by atoms with Crippen LogP contribution in [0.4, 0.5) is 0 Å². The van der Waals surface area contributed by atoms with Crippen LogP contribution in [0.1, 0.15) is 31.0 Å². The Hall–Kier alpha value is -0.580. The summed E-state index contributed by atoms with van der Waals surface area (Å²) in [5.41, 5.74) is 2.16. The number of sulfonamides is 1. The Morgan fingerprint density at radius 2 is 1.74 bits per heavy atom. The lowest BCUT2D eigenvalue weighted by Crippen LogP contribution is -2.34. The van der Waals surface area contributed by atoms with Crippen LogP contribution < -0.4 is 0 Å². The number of rotatable bonds is 6. The summed E-state index contributed by atoms with van der Waals surface area (Å²) in [4.78, 5) is 0. The van der Waals surface area contributed by atoms with Gasteiger partial charge in [-0.15, -0.1) is 11.6 Å². The second kappa shape index (κ2) is 6.73. The van der Waals surface area contributed by atoms with E-state index in [1.54, 1.807) is 7.05 Å². The van der Waals surface area contributed by atoms with Crippen LogP contribution >= 0.6 is 11.6 Å². The fraction of sp³-hybridized carbons (Fsp3) is 0.571. The van der Waals surface area contributed by atoms with E-state index < -0.39 is 10.0 Å². The predicted molar refractivity (Wildman–Crippen MR) is 81.0 cm³/mol. The second-order valence-corrected chi connectivity index (χ2v) is 7.52. The Kier molecular flexibility index (Phi) is 5.83. The third-order valence-electron chi connectivity index (χ3n) is 3.30. The first-order chi connectivity index (χ1) is 8.77. The molecule has 2 unspecified atom stereocenters.